The molecule has 0 spiro atoms. The molecule has 1 aromatic heterocycles. The molecule has 1 atom stereocenters. The third-order valence-corrected chi connectivity index (χ3v) is 5.70. The summed E-state index contributed by atoms with van der Waals surface area (Å²) in [6.45, 7) is 1.13. The second-order valence-electron chi connectivity index (χ2n) is 4.47. The van der Waals surface area contributed by atoms with Crippen LogP contribution in [0.5, 0.6) is 0 Å². The predicted molar refractivity (Wildman–Crippen MR) is 80.3 cm³/mol. The zero-order valence-corrected chi connectivity index (χ0v) is 12.8. The van der Waals surface area contributed by atoms with Gasteiger partial charge in [-0.3, -0.25) is 0 Å². The van der Waals surface area contributed by atoms with Crippen LogP contribution >= 0.6 is 24.0 Å². The highest BCUT2D eigenvalue weighted by Gasteiger charge is 2.33. The van der Waals surface area contributed by atoms with Crippen molar-refractivity contribution in [2.24, 2.45) is 0 Å². The van der Waals surface area contributed by atoms with Crippen LogP contribution in [0.4, 0.5) is 0 Å². The van der Waals surface area contributed by atoms with E-state index in [1.54, 1.807) is 18.2 Å². The molecule has 8 heteroatoms. The summed E-state index contributed by atoms with van der Waals surface area (Å²) in [7, 11) is -3.53. The van der Waals surface area contributed by atoms with E-state index in [1.165, 1.54) is 0 Å². The van der Waals surface area contributed by atoms with E-state index >= 15 is 0 Å². The van der Waals surface area contributed by atoms with Crippen LogP contribution in [0.2, 0.25) is 5.15 Å². The number of hydrogen-bond acceptors (Lipinski definition) is 5. The Morgan fingerprint density at radius 1 is 1.20 bits per heavy atom. The fourth-order valence-electron chi connectivity index (χ4n) is 2.19. The molecule has 0 aliphatic carbocycles. The summed E-state index contributed by atoms with van der Waals surface area (Å²) >= 11 is 5.99. The number of fused-ring (bicyclic) bond motifs is 1. The van der Waals surface area contributed by atoms with Gasteiger partial charge in [0.05, 0.1) is 16.3 Å². The van der Waals surface area contributed by atoms with Gasteiger partial charge in [0.1, 0.15) is 0 Å². The minimum atomic E-state index is -3.53. The van der Waals surface area contributed by atoms with Crippen LogP contribution in [0.1, 0.15) is 6.42 Å². The van der Waals surface area contributed by atoms with E-state index in [2.05, 4.69) is 15.3 Å². The Bertz CT molecular complexity index is 731. The highest BCUT2D eigenvalue weighted by Crippen LogP contribution is 2.26. The van der Waals surface area contributed by atoms with E-state index < -0.39 is 15.1 Å². The lowest BCUT2D eigenvalue weighted by molar-refractivity contribution is 0.579. The van der Waals surface area contributed by atoms with Crippen LogP contribution in [0.15, 0.2) is 29.3 Å². The van der Waals surface area contributed by atoms with Crippen molar-refractivity contribution in [1.82, 2.24) is 15.3 Å². The molecule has 1 fully saturated rings. The number of nitrogens with one attached hydrogen (secondary N) is 1. The van der Waals surface area contributed by atoms with Crippen LogP contribution < -0.4 is 5.32 Å². The van der Waals surface area contributed by atoms with Crippen molar-refractivity contribution in [3.05, 3.63) is 29.4 Å². The normalized spacial score (nSPS) is 18.9. The molecular weight excluding hydrogens is 321 g/mol. The standard InChI is InChI=1S/C12H12ClN3O2S.ClH/c13-11-12(19(17,18)8-5-6-14-7-8)16-10-4-2-1-3-9(10)15-11;/h1-4,8,14H,5-7H2;1H/t8-;/m1./s1. The lowest BCUT2D eigenvalue weighted by Crippen LogP contribution is -2.25. The maximum Gasteiger partial charge on any atom is 0.202 e. The van der Waals surface area contributed by atoms with Crippen LogP contribution in [-0.4, -0.2) is 36.7 Å². The molecule has 1 aromatic carbocycles. The number of sulfone groups is 1. The van der Waals surface area contributed by atoms with Crippen LogP contribution in [0.3, 0.4) is 0 Å². The molecule has 0 radical (unpaired) electrons. The molecule has 1 N–H and O–H groups in total. The number of hydrogen-bond donors (Lipinski definition) is 1. The summed E-state index contributed by atoms with van der Waals surface area (Å²) < 4.78 is 24.9. The number of rotatable bonds is 2. The van der Waals surface area contributed by atoms with Gasteiger partial charge in [-0.15, -0.1) is 12.4 Å². The van der Waals surface area contributed by atoms with Gasteiger partial charge in [0, 0.05) is 6.54 Å². The van der Waals surface area contributed by atoms with Gasteiger partial charge in [-0.05, 0) is 25.1 Å². The van der Waals surface area contributed by atoms with E-state index in [0.29, 0.717) is 30.5 Å². The Kier molecular flexibility index (Phi) is 4.49. The monoisotopic (exact) mass is 333 g/mol. The highest BCUT2D eigenvalue weighted by molar-refractivity contribution is 7.92. The first-order valence-electron chi connectivity index (χ1n) is 5.96. The first-order valence-corrected chi connectivity index (χ1v) is 7.88. The van der Waals surface area contributed by atoms with Crippen molar-refractivity contribution >= 4 is 44.9 Å². The molecule has 1 aliphatic heterocycles. The summed E-state index contributed by atoms with van der Waals surface area (Å²) in [5, 5.41) is 2.40. The van der Waals surface area contributed by atoms with Gasteiger partial charge in [0.25, 0.3) is 0 Å². The molecule has 0 saturated carbocycles. The predicted octanol–water partition coefficient (Wildman–Crippen LogP) is 1.84. The first-order chi connectivity index (χ1) is 9.09. The lowest BCUT2D eigenvalue weighted by atomic mass is 10.3. The van der Waals surface area contributed by atoms with Crippen molar-refractivity contribution in [2.45, 2.75) is 16.7 Å². The second-order valence-corrected chi connectivity index (χ2v) is 6.97. The van der Waals surface area contributed by atoms with E-state index in [1.807, 2.05) is 6.07 Å². The van der Waals surface area contributed by atoms with Crippen molar-refractivity contribution < 1.29 is 8.42 Å². The maximum absolute atomic E-state index is 12.5. The van der Waals surface area contributed by atoms with Crippen LogP contribution in [0, 0.1) is 0 Å². The average Bonchev–Trinajstić information content (AvgIpc) is 2.92. The molecule has 0 amide bonds. The number of benzene rings is 1. The van der Waals surface area contributed by atoms with Crippen molar-refractivity contribution in [1.29, 1.82) is 0 Å². The zero-order valence-electron chi connectivity index (χ0n) is 10.4. The number of nitrogens with zero attached hydrogens (tertiary/aromatic N) is 2. The molecule has 5 nitrogen and oxygen atoms in total. The summed E-state index contributed by atoms with van der Waals surface area (Å²) in [4.78, 5) is 8.30. The lowest BCUT2D eigenvalue weighted by Gasteiger charge is -2.11. The van der Waals surface area contributed by atoms with Gasteiger partial charge in [-0.2, -0.15) is 0 Å². The van der Waals surface area contributed by atoms with Gasteiger partial charge >= 0.3 is 0 Å². The molecule has 0 bridgehead atoms. The number of aromatic nitrogens is 2. The molecule has 0 unspecified atom stereocenters. The Balaban J connectivity index is 0.00000147. The fraction of sp³-hybridized carbons (Fsp3) is 0.333. The van der Waals surface area contributed by atoms with Gasteiger partial charge < -0.3 is 5.32 Å². The molecule has 2 aromatic rings. The van der Waals surface area contributed by atoms with Gasteiger partial charge in [0.15, 0.2) is 10.2 Å². The van der Waals surface area contributed by atoms with E-state index in [-0.39, 0.29) is 22.6 Å². The fourth-order valence-corrected chi connectivity index (χ4v) is 4.24. The molecular formula is C12H13Cl2N3O2S. The summed E-state index contributed by atoms with van der Waals surface area (Å²) in [6, 6.07) is 7.08. The molecule has 3 rings (SSSR count). The minimum Gasteiger partial charge on any atom is -0.315 e. The van der Waals surface area contributed by atoms with Gasteiger partial charge in [0.2, 0.25) is 9.84 Å². The van der Waals surface area contributed by atoms with Gasteiger partial charge in [-0.25, -0.2) is 18.4 Å². The van der Waals surface area contributed by atoms with Crippen LogP contribution in [0.25, 0.3) is 11.0 Å². The Morgan fingerprint density at radius 3 is 2.45 bits per heavy atom. The van der Waals surface area contributed by atoms with E-state index in [4.69, 9.17) is 11.6 Å². The third-order valence-electron chi connectivity index (χ3n) is 3.22. The number of halogens is 2. The second kappa shape index (κ2) is 5.81. The highest BCUT2D eigenvalue weighted by atomic mass is 35.5. The summed E-state index contributed by atoms with van der Waals surface area (Å²) in [5.41, 5.74) is 1.13. The topological polar surface area (TPSA) is 72.0 Å². The minimum absolute atomic E-state index is 0. The van der Waals surface area contributed by atoms with Crippen molar-refractivity contribution in [3.63, 3.8) is 0 Å². The van der Waals surface area contributed by atoms with E-state index in [9.17, 15) is 8.42 Å². The van der Waals surface area contributed by atoms with E-state index in [0.717, 1.165) is 0 Å². The Labute approximate surface area is 128 Å². The van der Waals surface area contributed by atoms with Crippen molar-refractivity contribution in [3.8, 4) is 0 Å². The summed E-state index contributed by atoms with van der Waals surface area (Å²) in [5.74, 6) is 0. The molecule has 108 valence electrons. The zero-order chi connectivity index (χ0) is 13.5. The van der Waals surface area contributed by atoms with Crippen molar-refractivity contribution in [2.75, 3.05) is 13.1 Å². The molecule has 20 heavy (non-hydrogen) atoms. The molecule has 1 aliphatic rings. The average molecular weight is 334 g/mol. The Hall–Kier alpha value is -0.950. The number of para-hydroxylation sites is 2. The van der Waals surface area contributed by atoms with Crippen LogP contribution in [-0.2, 0) is 9.84 Å². The molecule has 2 heterocycles. The SMILES string of the molecule is Cl.O=S(=O)(c1nc2ccccc2nc1Cl)[C@@H]1CCNC1. The maximum atomic E-state index is 12.5. The third kappa shape index (κ3) is 2.61. The smallest absolute Gasteiger partial charge is 0.202 e. The van der Waals surface area contributed by atoms with Gasteiger partial charge in [-0.1, -0.05) is 23.7 Å². The summed E-state index contributed by atoms with van der Waals surface area (Å²) in [6.07, 6.45) is 0.577. The Morgan fingerprint density at radius 2 is 1.85 bits per heavy atom. The quantitative estimate of drug-likeness (QED) is 0.907. The largest absolute Gasteiger partial charge is 0.315 e. The molecule has 1 saturated heterocycles. The first kappa shape index (κ1) is 15.4.